The number of fused-ring (bicyclic) bond motifs is 3. The van der Waals surface area contributed by atoms with Crippen molar-refractivity contribution in [1.29, 1.82) is 0 Å². The first-order valence-electron chi connectivity index (χ1n) is 12.0. The van der Waals surface area contributed by atoms with E-state index in [0.717, 1.165) is 50.7 Å². The SMILES string of the molecule is Fc1ccc([C@H]2CCCCn3nc(NC4C5CC[C@H]4CN(c4cc(Cl)ncn4)C5)nc32)c(F)c1F. The van der Waals surface area contributed by atoms with Gasteiger partial charge in [0.1, 0.15) is 23.1 Å². The average Bonchev–Trinajstić information content (AvgIpc) is 3.25. The maximum Gasteiger partial charge on any atom is 0.242 e. The highest BCUT2D eigenvalue weighted by Crippen LogP contribution is 2.40. The number of anilines is 2. The third-order valence-corrected chi connectivity index (χ3v) is 7.84. The van der Waals surface area contributed by atoms with Crippen LogP contribution in [-0.4, -0.2) is 43.9 Å². The van der Waals surface area contributed by atoms with Crippen LogP contribution < -0.4 is 10.2 Å². The number of rotatable bonds is 4. The van der Waals surface area contributed by atoms with Crippen LogP contribution in [0.1, 0.15) is 49.4 Å². The molecule has 1 aromatic carbocycles. The summed E-state index contributed by atoms with van der Waals surface area (Å²) in [4.78, 5) is 15.4. The molecule has 1 aliphatic carbocycles. The van der Waals surface area contributed by atoms with E-state index in [9.17, 15) is 13.2 Å². The molecule has 3 aromatic rings. The summed E-state index contributed by atoms with van der Waals surface area (Å²) in [7, 11) is 0. The molecule has 2 bridgehead atoms. The van der Waals surface area contributed by atoms with Gasteiger partial charge in [0.15, 0.2) is 17.5 Å². The van der Waals surface area contributed by atoms with E-state index >= 15 is 0 Å². The van der Waals surface area contributed by atoms with Crippen molar-refractivity contribution in [3.63, 3.8) is 0 Å². The maximum atomic E-state index is 14.7. The molecule has 3 aliphatic rings. The second-order valence-electron chi connectivity index (χ2n) is 9.70. The third kappa shape index (κ3) is 4.11. The molecule has 184 valence electrons. The smallest absolute Gasteiger partial charge is 0.242 e. The van der Waals surface area contributed by atoms with E-state index in [0.29, 0.717) is 41.7 Å². The Balaban J connectivity index is 1.24. The summed E-state index contributed by atoms with van der Waals surface area (Å²) < 4.78 is 44.0. The van der Waals surface area contributed by atoms with E-state index in [-0.39, 0.29) is 11.6 Å². The van der Waals surface area contributed by atoms with Crippen LogP contribution in [0.5, 0.6) is 0 Å². The van der Waals surface area contributed by atoms with E-state index in [4.69, 9.17) is 16.6 Å². The summed E-state index contributed by atoms with van der Waals surface area (Å²) in [6.45, 7) is 2.35. The Morgan fingerprint density at radius 2 is 1.77 bits per heavy atom. The number of hydrogen-bond acceptors (Lipinski definition) is 6. The maximum absolute atomic E-state index is 14.7. The van der Waals surface area contributed by atoms with Gasteiger partial charge in [-0.15, -0.1) is 5.10 Å². The van der Waals surface area contributed by atoms with Crippen LogP contribution in [0.3, 0.4) is 0 Å². The Hall–Kier alpha value is -2.88. The van der Waals surface area contributed by atoms with Crippen LogP contribution in [0.2, 0.25) is 5.15 Å². The zero-order chi connectivity index (χ0) is 24.1. The molecule has 1 saturated carbocycles. The highest BCUT2D eigenvalue weighted by molar-refractivity contribution is 6.29. The van der Waals surface area contributed by atoms with Crippen molar-refractivity contribution < 1.29 is 13.2 Å². The van der Waals surface area contributed by atoms with Crippen molar-refractivity contribution in [3.8, 4) is 0 Å². The molecule has 0 radical (unpaired) electrons. The highest BCUT2D eigenvalue weighted by Gasteiger charge is 2.43. The zero-order valence-corrected chi connectivity index (χ0v) is 19.7. The molecule has 6 rings (SSSR count). The minimum atomic E-state index is -1.44. The molecule has 35 heavy (non-hydrogen) atoms. The van der Waals surface area contributed by atoms with E-state index < -0.39 is 23.4 Å². The van der Waals surface area contributed by atoms with Crippen LogP contribution in [0.4, 0.5) is 24.9 Å². The molecule has 2 unspecified atom stereocenters. The van der Waals surface area contributed by atoms with Gasteiger partial charge < -0.3 is 10.2 Å². The van der Waals surface area contributed by atoms with Crippen LogP contribution in [-0.2, 0) is 6.54 Å². The zero-order valence-electron chi connectivity index (χ0n) is 19.0. The van der Waals surface area contributed by atoms with Gasteiger partial charge in [-0.1, -0.05) is 24.1 Å². The normalized spacial score (nSPS) is 25.9. The Labute approximate surface area is 205 Å². The lowest BCUT2D eigenvalue weighted by Gasteiger charge is -2.38. The van der Waals surface area contributed by atoms with Crippen LogP contribution in [0.25, 0.3) is 0 Å². The minimum absolute atomic E-state index is 0.128. The number of nitrogens with zero attached hydrogens (tertiary/aromatic N) is 6. The van der Waals surface area contributed by atoms with E-state index in [2.05, 4.69) is 25.3 Å². The first-order valence-corrected chi connectivity index (χ1v) is 12.4. The highest BCUT2D eigenvalue weighted by atomic mass is 35.5. The van der Waals surface area contributed by atoms with Crippen molar-refractivity contribution in [3.05, 3.63) is 58.5 Å². The number of hydrogen-bond donors (Lipinski definition) is 1. The number of nitrogens with one attached hydrogen (secondary N) is 1. The Morgan fingerprint density at radius 3 is 2.54 bits per heavy atom. The number of piperidine rings is 1. The first-order chi connectivity index (χ1) is 17.0. The standard InChI is InChI=1S/C24H25ClF3N7/c25-18-9-19(30-12-29-18)34-10-13-4-5-14(11-34)22(13)31-24-32-23-16(3-1-2-8-35(23)33-24)15-6-7-17(26)21(28)20(15)27/h6-7,9,12-14,16,22H,1-5,8,10-11H2,(H,31,33)/t13-,14?,16+,22?/m0/s1. The lowest BCUT2D eigenvalue weighted by molar-refractivity contribution is 0.374. The third-order valence-electron chi connectivity index (χ3n) is 7.64. The number of aromatic nitrogens is 5. The topological polar surface area (TPSA) is 71.8 Å². The summed E-state index contributed by atoms with van der Waals surface area (Å²) in [5, 5.41) is 8.67. The van der Waals surface area contributed by atoms with Gasteiger partial charge in [-0.2, -0.15) is 4.98 Å². The largest absolute Gasteiger partial charge is 0.356 e. The molecule has 1 N–H and O–H groups in total. The summed E-state index contributed by atoms with van der Waals surface area (Å²) in [6.07, 6.45) is 5.96. The molecule has 2 aromatic heterocycles. The molecule has 0 amide bonds. The van der Waals surface area contributed by atoms with Crippen molar-refractivity contribution >= 4 is 23.4 Å². The van der Waals surface area contributed by atoms with Crippen molar-refractivity contribution in [2.75, 3.05) is 23.3 Å². The summed E-state index contributed by atoms with van der Waals surface area (Å²) in [5.41, 5.74) is 0.128. The van der Waals surface area contributed by atoms with Crippen LogP contribution in [0, 0.1) is 29.3 Å². The van der Waals surface area contributed by atoms with Gasteiger partial charge >= 0.3 is 0 Å². The van der Waals surface area contributed by atoms with Gasteiger partial charge in [-0.25, -0.2) is 27.8 Å². The lowest BCUT2D eigenvalue weighted by Crippen LogP contribution is -2.48. The van der Waals surface area contributed by atoms with Gasteiger partial charge in [-0.05, 0) is 43.6 Å². The van der Waals surface area contributed by atoms with E-state index in [1.165, 1.54) is 12.4 Å². The lowest BCUT2D eigenvalue weighted by atomic mass is 9.92. The van der Waals surface area contributed by atoms with E-state index in [1.54, 1.807) is 10.7 Å². The minimum Gasteiger partial charge on any atom is -0.356 e. The number of aryl methyl sites for hydroxylation is 1. The molecule has 11 heteroatoms. The van der Waals surface area contributed by atoms with Crippen molar-refractivity contribution in [1.82, 2.24) is 24.7 Å². The van der Waals surface area contributed by atoms with Gasteiger partial charge in [0.05, 0.1) is 0 Å². The molecule has 4 heterocycles. The number of benzene rings is 1. The Kier molecular flexibility index (Phi) is 5.78. The second kappa shape index (κ2) is 8.96. The predicted molar refractivity (Wildman–Crippen MR) is 125 cm³/mol. The molecular formula is C24H25ClF3N7. The van der Waals surface area contributed by atoms with Gasteiger partial charge in [0, 0.05) is 43.2 Å². The second-order valence-corrected chi connectivity index (χ2v) is 10.1. The fraction of sp³-hybridized carbons (Fsp3) is 0.500. The van der Waals surface area contributed by atoms with Gasteiger partial charge in [-0.3, -0.25) is 0 Å². The van der Waals surface area contributed by atoms with Gasteiger partial charge in [0.25, 0.3) is 0 Å². The van der Waals surface area contributed by atoms with E-state index in [1.807, 2.05) is 0 Å². The quantitative estimate of drug-likeness (QED) is 0.408. The van der Waals surface area contributed by atoms with Crippen molar-refractivity contribution in [2.45, 2.75) is 50.6 Å². The first kappa shape index (κ1) is 22.6. The molecule has 7 nitrogen and oxygen atoms in total. The molecule has 2 aliphatic heterocycles. The Morgan fingerprint density at radius 1 is 0.971 bits per heavy atom. The van der Waals surface area contributed by atoms with Crippen molar-refractivity contribution in [2.24, 2.45) is 11.8 Å². The average molecular weight is 504 g/mol. The van der Waals surface area contributed by atoms with Crippen LogP contribution in [0.15, 0.2) is 24.5 Å². The molecule has 4 atom stereocenters. The summed E-state index contributed by atoms with van der Waals surface area (Å²) >= 11 is 6.06. The Bertz CT molecular complexity index is 1240. The summed E-state index contributed by atoms with van der Waals surface area (Å²) in [5.74, 6) is -1.52. The van der Waals surface area contributed by atoms with Crippen LogP contribution >= 0.6 is 11.6 Å². The molecular weight excluding hydrogens is 479 g/mol. The fourth-order valence-corrected chi connectivity index (χ4v) is 6.11. The molecule has 2 fully saturated rings. The monoisotopic (exact) mass is 503 g/mol. The molecule has 1 saturated heterocycles. The fourth-order valence-electron chi connectivity index (χ4n) is 5.97. The number of halogens is 4. The van der Waals surface area contributed by atoms with Gasteiger partial charge in [0.2, 0.25) is 5.95 Å². The molecule has 0 spiro atoms. The summed E-state index contributed by atoms with van der Waals surface area (Å²) in [6, 6.07) is 4.31. The predicted octanol–water partition coefficient (Wildman–Crippen LogP) is 4.78.